The van der Waals surface area contributed by atoms with Crippen LogP contribution < -0.4 is 10.2 Å². The summed E-state index contributed by atoms with van der Waals surface area (Å²) < 4.78 is 5.06. The van der Waals surface area contributed by atoms with Crippen LogP contribution in [0.15, 0.2) is 42.5 Å². The molecule has 1 N–H and O–H groups in total. The number of carbonyl (C=O) groups is 4. The number of esters is 1. The Morgan fingerprint density at radius 3 is 2.14 bits per heavy atom. The van der Waals surface area contributed by atoms with Crippen LogP contribution in [0.4, 0.5) is 11.4 Å². The molecule has 182 valence electrons. The Bertz CT molecular complexity index is 1200. The smallest absolute Gasteiger partial charge is 0.338 e. The van der Waals surface area contributed by atoms with E-state index in [-0.39, 0.29) is 50.0 Å². The standard InChI is InChI=1S/C24H18Cl4N2O5/c25-14-2-1-3-15(21(14)28)29-16(31)9-35-24(34)10-4-6-11(7-5-10)30-22(32)17-12-8-13(18(17)23(30)33)20(27)19(12)26/h1-7,12-13,17-20H,8-9H2,(H,29,31)/t12-,13-,17-,18+,19+,20+/m1/s1. The van der Waals surface area contributed by atoms with Crippen molar-refractivity contribution < 1.29 is 23.9 Å². The maximum Gasteiger partial charge on any atom is 0.338 e. The van der Waals surface area contributed by atoms with E-state index in [2.05, 4.69) is 5.32 Å². The third kappa shape index (κ3) is 4.08. The van der Waals surface area contributed by atoms with Crippen molar-refractivity contribution in [3.05, 3.63) is 58.1 Å². The molecule has 0 unspecified atom stereocenters. The molecule has 1 aliphatic heterocycles. The number of carbonyl (C=O) groups excluding carboxylic acids is 4. The molecule has 11 heteroatoms. The lowest BCUT2D eigenvalue weighted by Gasteiger charge is -2.28. The molecule has 2 aromatic rings. The summed E-state index contributed by atoms with van der Waals surface area (Å²) in [5.74, 6) is -3.05. The maximum absolute atomic E-state index is 13.1. The van der Waals surface area contributed by atoms with Crippen LogP contribution in [0, 0.1) is 23.7 Å². The predicted molar refractivity (Wildman–Crippen MR) is 132 cm³/mol. The number of nitrogens with one attached hydrogen (secondary N) is 1. The normalized spacial score (nSPS) is 28.9. The first-order valence-corrected chi connectivity index (χ1v) is 12.5. The van der Waals surface area contributed by atoms with Gasteiger partial charge in [0.2, 0.25) is 11.8 Å². The van der Waals surface area contributed by atoms with Gasteiger partial charge in [0, 0.05) is 0 Å². The minimum Gasteiger partial charge on any atom is -0.452 e. The average molecular weight is 556 g/mol. The number of hydrogen-bond acceptors (Lipinski definition) is 5. The fourth-order valence-corrected chi connectivity index (χ4v) is 6.59. The van der Waals surface area contributed by atoms with Crippen LogP contribution in [0.1, 0.15) is 16.8 Å². The molecule has 2 aromatic carbocycles. The Kier molecular flexibility index (Phi) is 6.46. The Hall–Kier alpha value is -2.32. The number of amides is 3. The van der Waals surface area contributed by atoms with Gasteiger partial charge in [-0.1, -0.05) is 29.3 Å². The summed E-state index contributed by atoms with van der Waals surface area (Å²) in [5.41, 5.74) is 0.808. The Labute approximate surface area is 220 Å². The summed E-state index contributed by atoms with van der Waals surface area (Å²) >= 11 is 24.7. The van der Waals surface area contributed by atoms with Crippen molar-refractivity contribution in [3.8, 4) is 0 Å². The fraction of sp³-hybridized carbons (Fsp3) is 0.333. The Morgan fingerprint density at radius 1 is 0.943 bits per heavy atom. The zero-order chi connectivity index (χ0) is 25.0. The molecule has 1 heterocycles. The van der Waals surface area contributed by atoms with Crippen LogP contribution >= 0.6 is 46.4 Å². The van der Waals surface area contributed by atoms with Gasteiger partial charge in [0.1, 0.15) is 0 Å². The molecule has 3 aliphatic rings. The quantitative estimate of drug-likeness (QED) is 0.326. The number of hydrogen-bond donors (Lipinski definition) is 1. The number of halogens is 4. The summed E-state index contributed by atoms with van der Waals surface area (Å²) in [6, 6.07) is 10.6. The van der Waals surface area contributed by atoms with Gasteiger partial charge in [-0.05, 0) is 54.7 Å². The first-order chi connectivity index (χ1) is 16.7. The first kappa shape index (κ1) is 24.4. The summed E-state index contributed by atoms with van der Waals surface area (Å²) in [4.78, 5) is 51.8. The molecule has 5 rings (SSSR count). The predicted octanol–water partition coefficient (Wildman–Crippen LogP) is 4.76. The molecule has 35 heavy (non-hydrogen) atoms. The van der Waals surface area contributed by atoms with Crippen LogP contribution in [0.3, 0.4) is 0 Å². The number of nitrogens with zero attached hydrogens (tertiary/aromatic N) is 1. The van der Waals surface area contributed by atoms with Gasteiger partial charge in [-0.2, -0.15) is 0 Å². The molecule has 3 amide bonds. The van der Waals surface area contributed by atoms with E-state index in [1.165, 1.54) is 24.3 Å². The summed E-state index contributed by atoms with van der Waals surface area (Å²) in [5, 5.41) is 2.31. The molecule has 2 saturated carbocycles. The maximum atomic E-state index is 13.1. The van der Waals surface area contributed by atoms with Crippen LogP contribution in [0.25, 0.3) is 0 Å². The van der Waals surface area contributed by atoms with Gasteiger partial charge < -0.3 is 10.1 Å². The number of anilines is 2. The van der Waals surface area contributed by atoms with Crippen molar-refractivity contribution in [3.63, 3.8) is 0 Å². The third-order valence-electron chi connectivity index (χ3n) is 6.91. The van der Waals surface area contributed by atoms with Crippen molar-refractivity contribution in [1.29, 1.82) is 0 Å². The van der Waals surface area contributed by atoms with Crippen molar-refractivity contribution in [2.45, 2.75) is 17.2 Å². The molecule has 0 spiro atoms. The third-order valence-corrected chi connectivity index (χ3v) is 9.05. The molecular formula is C24H18Cl4N2O5. The lowest BCUT2D eigenvalue weighted by molar-refractivity contribution is -0.123. The number of rotatable bonds is 5. The average Bonchev–Trinajstić information content (AvgIpc) is 3.45. The summed E-state index contributed by atoms with van der Waals surface area (Å²) in [6.45, 7) is -0.544. The van der Waals surface area contributed by atoms with E-state index in [9.17, 15) is 19.2 Å². The lowest BCUT2D eigenvalue weighted by atomic mass is 9.80. The Balaban J connectivity index is 1.22. The van der Waals surface area contributed by atoms with E-state index < -0.39 is 30.3 Å². The highest BCUT2D eigenvalue weighted by Crippen LogP contribution is 2.59. The van der Waals surface area contributed by atoms with Crippen LogP contribution in [-0.2, 0) is 19.1 Å². The number of alkyl halides is 2. The summed E-state index contributed by atoms with van der Waals surface area (Å²) in [6.07, 6.45) is 0.685. The highest BCUT2D eigenvalue weighted by molar-refractivity contribution is 6.44. The second kappa shape index (κ2) is 9.28. The second-order valence-electron chi connectivity index (χ2n) is 8.79. The van der Waals surface area contributed by atoms with E-state index in [1.54, 1.807) is 18.2 Å². The van der Waals surface area contributed by atoms with E-state index in [4.69, 9.17) is 51.1 Å². The SMILES string of the molecule is O=C(COC(=O)c1ccc(N2C(=O)[C@@H]3[C@H]4C[C@@H]([C@H](Cl)[C@H]4Cl)[C@@H]3C2=O)cc1)Nc1cccc(Cl)c1Cl. The van der Waals surface area contributed by atoms with Gasteiger partial charge in [-0.3, -0.25) is 19.3 Å². The fourth-order valence-electron chi connectivity index (χ4n) is 5.35. The zero-order valence-electron chi connectivity index (χ0n) is 17.9. The monoisotopic (exact) mass is 554 g/mol. The molecule has 6 atom stereocenters. The van der Waals surface area contributed by atoms with Crippen LogP contribution in [0.2, 0.25) is 10.0 Å². The van der Waals surface area contributed by atoms with Crippen molar-refractivity contribution in [1.82, 2.24) is 0 Å². The number of imide groups is 1. The van der Waals surface area contributed by atoms with Gasteiger partial charge in [-0.25, -0.2) is 4.79 Å². The lowest BCUT2D eigenvalue weighted by Crippen LogP contribution is -2.37. The topological polar surface area (TPSA) is 92.8 Å². The molecule has 2 bridgehead atoms. The highest BCUT2D eigenvalue weighted by atomic mass is 35.5. The van der Waals surface area contributed by atoms with Crippen LogP contribution in [0.5, 0.6) is 0 Å². The molecule has 7 nitrogen and oxygen atoms in total. The zero-order valence-corrected chi connectivity index (χ0v) is 20.9. The minimum absolute atomic E-state index is 0.113. The van der Waals surface area contributed by atoms with Crippen molar-refractivity contribution in [2.24, 2.45) is 23.7 Å². The molecule has 0 aromatic heterocycles. The van der Waals surface area contributed by atoms with Gasteiger partial charge in [0.15, 0.2) is 6.61 Å². The van der Waals surface area contributed by atoms with E-state index in [1.807, 2.05) is 0 Å². The van der Waals surface area contributed by atoms with Crippen molar-refractivity contribution >= 4 is 81.5 Å². The van der Waals surface area contributed by atoms with Gasteiger partial charge in [0.25, 0.3) is 5.91 Å². The first-order valence-electron chi connectivity index (χ1n) is 10.9. The molecule has 3 fully saturated rings. The van der Waals surface area contributed by atoms with Crippen molar-refractivity contribution in [2.75, 3.05) is 16.8 Å². The minimum atomic E-state index is -0.743. The van der Waals surface area contributed by atoms with E-state index in [0.717, 1.165) is 4.90 Å². The van der Waals surface area contributed by atoms with E-state index in [0.29, 0.717) is 17.8 Å². The summed E-state index contributed by atoms with van der Waals surface area (Å²) in [7, 11) is 0. The number of benzene rings is 2. The number of fused-ring (bicyclic) bond motifs is 5. The molecule has 2 aliphatic carbocycles. The molecular weight excluding hydrogens is 538 g/mol. The van der Waals surface area contributed by atoms with Crippen LogP contribution in [-0.4, -0.2) is 41.1 Å². The van der Waals surface area contributed by atoms with E-state index >= 15 is 0 Å². The Morgan fingerprint density at radius 2 is 1.54 bits per heavy atom. The largest absolute Gasteiger partial charge is 0.452 e. The molecule has 1 saturated heterocycles. The highest BCUT2D eigenvalue weighted by Gasteiger charge is 2.66. The molecule has 0 radical (unpaired) electrons. The van der Waals surface area contributed by atoms with Gasteiger partial charge in [0.05, 0.1) is 49.6 Å². The van der Waals surface area contributed by atoms with Gasteiger partial charge >= 0.3 is 5.97 Å². The number of ether oxygens (including phenoxy) is 1. The second-order valence-corrected chi connectivity index (χ2v) is 10.6. The van der Waals surface area contributed by atoms with Gasteiger partial charge in [-0.15, -0.1) is 23.2 Å².